The van der Waals surface area contributed by atoms with Crippen LogP contribution in [-0.4, -0.2) is 54.5 Å². The van der Waals surface area contributed by atoms with Gasteiger partial charge in [0, 0.05) is 31.1 Å². The Morgan fingerprint density at radius 2 is 1.92 bits per heavy atom. The van der Waals surface area contributed by atoms with E-state index in [0.717, 1.165) is 67.7 Å². The zero-order chi connectivity index (χ0) is 25.7. The molecule has 2 aliphatic heterocycles. The van der Waals surface area contributed by atoms with E-state index in [1.54, 1.807) is 11.3 Å². The lowest BCUT2D eigenvalue weighted by Gasteiger charge is -2.51. The molecular formula is C30H40N4O2S. The van der Waals surface area contributed by atoms with Gasteiger partial charge in [0.2, 0.25) is 0 Å². The normalized spacial score (nSPS) is 31.5. The number of carbonyl (C=O) groups excluding carboxylic acids is 1. The van der Waals surface area contributed by atoms with Crippen molar-refractivity contribution in [2.24, 2.45) is 34.1 Å². The average molecular weight is 521 g/mol. The number of amidine groups is 1. The number of ether oxygens (including phenoxy) is 1. The SMILES string of the molecule is Cc1cc2c(s1)Nc1ccccc1N=C2N1CCN(COC(=O)C23CC(C)CC(C2)C(C)C(C)C3)CC1. The van der Waals surface area contributed by atoms with Crippen LogP contribution in [0.3, 0.4) is 0 Å². The first-order valence-corrected chi connectivity index (χ1v) is 14.8. The molecule has 0 spiro atoms. The molecular weight excluding hydrogens is 480 g/mol. The molecule has 1 N–H and O–H groups in total. The van der Waals surface area contributed by atoms with E-state index in [1.807, 2.05) is 6.07 Å². The fourth-order valence-electron chi connectivity index (χ4n) is 7.40. The van der Waals surface area contributed by atoms with Gasteiger partial charge in [-0.05, 0) is 74.5 Å². The molecule has 1 aromatic carbocycles. The molecule has 0 radical (unpaired) electrons. The molecule has 4 aliphatic rings. The molecule has 2 aliphatic carbocycles. The summed E-state index contributed by atoms with van der Waals surface area (Å²) in [4.78, 5) is 24.6. The number of rotatable bonds is 3. The van der Waals surface area contributed by atoms with Gasteiger partial charge in [-0.25, -0.2) is 4.99 Å². The number of nitrogens with one attached hydrogen (secondary N) is 1. The number of anilines is 2. The van der Waals surface area contributed by atoms with E-state index in [0.29, 0.717) is 30.4 Å². The predicted octanol–water partition coefficient (Wildman–Crippen LogP) is 6.41. The highest BCUT2D eigenvalue weighted by molar-refractivity contribution is 7.16. The summed E-state index contributed by atoms with van der Waals surface area (Å²) in [6, 6.07) is 10.5. The topological polar surface area (TPSA) is 57.2 Å². The summed E-state index contributed by atoms with van der Waals surface area (Å²) >= 11 is 1.78. The number of nitrogens with zero attached hydrogens (tertiary/aromatic N) is 3. The van der Waals surface area contributed by atoms with Crippen LogP contribution in [0.15, 0.2) is 35.3 Å². The lowest BCUT2D eigenvalue weighted by molar-refractivity contribution is -0.172. The van der Waals surface area contributed by atoms with Crippen molar-refractivity contribution in [2.75, 3.05) is 38.2 Å². The second-order valence-corrected chi connectivity index (χ2v) is 13.4. The van der Waals surface area contributed by atoms with Gasteiger partial charge in [0.1, 0.15) is 17.6 Å². The van der Waals surface area contributed by atoms with Crippen molar-refractivity contribution in [2.45, 2.75) is 53.4 Å². The number of fused-ring (bicyclic) bond motifs is 4. The number of benzene rings is 1. The van der Waals surface area contributed by atoms with Crippen molar-refractivity contribution in [1.82, 2.24) is 9.80 Å². The largest absolute Gasteiger partial charge is 0.449 e. The quantitative estimate of drug-likeness (QED) is 0.474. The van der Waals surface area contributed by atoms with Crippen molar-refractivity contribution in [1.29, 1.82) is 0 Å². The fourth-order valence-corrected chi connectivity index (χ4v) is 8.32. The maximum absolute atomic E-state index is 13.5. The van der Waals surface area contributed by atoms with E-state index < -0.39 is 0 Å². The third-order valence-corrected chi connectivity index (χ3v) is 10.4. The number of hydrogen-bond donors (Lipinski definition) is 1. The van der Waals surface area contributed by atoms with E-state index >= 15 is 0 Å². The Bertz CT molecular complexity index is 1200. The van der Waals surface area contributed by atoms with E-state index in [1.165, 1.54) is 16.9 Å². The number of thiophene rings is 1. The molecule has 1 saturated heterocycles. The standard InChI is InChI=1S/C30H40N4O2S/c1-19-13-23-17-30(15-19,16-20(2)22(23)4)29(35)36-18-33-9-11-34(12-10-33)27-24-14-21(3)37-28(24)32-26-8-6-5-7-25(26)31-27/h5-8,14,19-20,22-23,32H,9-13,15-18H2,1-4H3. The molecule has 5 atom stereocenters. The summed E-state index contributed by atoms with van der Waals surface area (Å²) in [5.41, 5.74) is 2.94. The second-order valence-electron chi connectivity index (χ2n) is 12.2. The summed E-state index contributed by atoms with van der Waals surface area (Å²) in [7, 11) is 0. The number of carbonyl (C=O) groups is 1. The Morgan fingerprint density at radius 1 is 1.14 bits per heavy atom. The van der Waals surface area contributed by atoms with Crippen molar-refractivity contribution in [3.8, 4) is 0 Å². The third kappa shape index (κ3) is 4.69. The van der Waals surface area contributed by atoms with Crippen LogP contribution in [0.25, 0.3) is 0 Å². The maximum atomic E-state index is 13.5. The minimum atomic E-state index is -0.265. The van der Waals surface area contributed by atoms with Crippen LogP contribution in [0.1, 0.15) is 56.9 Å². The van der Waals surface area contributed by atoms with Gasteiger partial charge in [-0.3, -0.25) is 9.69 Å². The van der Waals surface area contributed by atoms with Gasteiger partial charge in [0.05, 0.1) is 22.4 Å². The molecule has 1 aromatic heterocycles. The van der Waals surface area contributed by atoms with Crippen molar-refractivity contribution in [3.05, 3.63) is 40.8 Å². The van der Waals surface area contributed by atoms with Gasteiger partial charge >= 0.3 is 5.97 Å². The van der Waals surface area contributed by atoms with Gasteiger partial charge in [0.15, 0.2) is 0 Å². The Labute approximate surface area is 225 Å². The van der Waals surface area contributed by atoms with E-state index in [-0.39, 0.29) is 11.4 Å². The number of aryl methyl sites for hydroxylation is 1. The molecule has 2 bridgehead atoms. The van der Waals surface area contributed by atoms with Gasteiger partial charge in [-0.1, -0.05) is 32.9 Å². The van der Waals surface area contributed by atoms with E-state index in [9.17, 15) is 4.79 Å². The predicted molar refractivity (Wildman–Crippen MR) is 151 cm³/mol. The molecule has 198 valence electrons. The minimum absolute atomic E-state index is 0.0550. The van der Waals surface area contributed by atoms with Crippen LogP contribution in [0.5, 0.6) is 0 Å². The number of esters is 1. The highest BCUT2D eigenvalue weighted by Crippen LogP contribution is 2.55. The molecule has 6 nitrogen and oxygen atoms in total. The van der Waals surface area contributed by atoms with Crippen LogP contribution in [0.4, 0.5) is 16.4 Å². The molecule has 7 heteroatoms. The third-order valence-electron chi connectivity index (χ3n) is 9.41. The number of para-hydroxylation sites is 2. The van der Waals surface area contributed by atoms with Crippen LogP contribution >= 0.6 is 11.3 Å². The summed E-state index contributed by atoms with van der Waals surface area (Å²) < 4.78 is 6.07. The molecule has 0 amide bonds. The monoisotopic (exact) mass is 520 g/mol. The molecule has 2 saturated carbocycles. The van der Waals surface area contributed by atoms with E-state index in [4.69, 9.17) is 9.73 Å². The summed E-state index contributed by atoms with van der Waals surface area (Å²) in [5.74, 6) is 3.66. The zero-order valence-corrected chi connectivity index (χ0v) is 23.4. The van der Waals surface area contributed by atoms with Crippen molar-refractivity contribution in [3.63, 3.8) is 0 Å². The molecule has 3 heterocycles. The minimum Gasteiger partial charge on any atom is -0.449 e. The van der Waals surface area contributed by atoms with Gasteiger partial charge in [-0.15, -0.1) is 11.3 Å². The summed E-state index contributed by atoms with van der Waals surface area (Å²) in [6.07, 6.45) is 4.26. The fraction of sp³-hybridized carbons (Fsp3) is 0.600. The highest BCUT2D eigenvalue weighted by atomic mass is 32.1. The number of piperazine rings is 1. The first-order valence-electron chi connectivity index (χ1n) is 14.0. The van der Waals surface area contributed by atoms with Crippen LogP contribution < -0.4 is 5.32 Å². The first kappa shape index (κ1) is 24.9. The number of aliphatic imine (C=N–C) groups is 1. The highest BCUT2D eigenvalue weighted by Gasteiger charge is 2.52. The molecule has 6 rings (SSSR count). The smallest absolute Gasteiger partial charge is 0.313 e. The molecule has 37 heavy (non-hydrogen) atoms. The number of hydrogen-bond acceptors (Lipinski definition) is 7. The first-order chi connectivity index (χ1) is 17.8. The zero-order valence-electron chi connectivity index (χ0n) is 22.6. The summed E-state index contributed by atoms with van der Waals surface area (Å²) in [5, 5.41) is 4.76. The van der Waals surface area contributed by atoms with Crippen LogP contribution in [0, 0.1) is 36.0 Å². The summed E-state index contributed by atoms with van der Waals surface area (Å²) in [6.45, 7) is 13.0. The van der Waals surface area contributed by atoms with Crippen molar-refractivity contribution >= 4 is 39.5 Å². The Morgan fingerprint density at radius 3 is 2.73 bits per heavy atom. The Kier molecular flexibility index (Phi) is 6.56. The van der Waals surface area contributed by atoms with Crippen LogP contribution in [0.2, 0.25) is 0 Å². The Balaban J connectivity index is 1.11. The van der Waals surface area contributed by atoms with Gasteiger partial charge < -0.3 is 15.0 Å². The Hall–Kier alpha value is -2.38. The molecule has 2 aromatic rings. The second kappa shape index (κ2) is 9.73. The molecule has 5 unspecified atom stereocenters. The van der Waals surface area contributed by atoms with Gasteiger partial charge in [0.25, 0.3) is 0 Å². The van der Waals surface area contributed by atoms with Crippen molar-refractivity contribution < 1.29 is 9.53 Å². The lowest BCUT2D eigenvalue weighted by Crippen LogP contribution is -2.51. The van der Waals surface area contributed by atoms with Crippen LogP contribution in [-0.2, 0) is 9.53 Å². The average Bonchev–Trinajstić information content (AvgIpc) is 3.17. The maximum Gasteiger partial charge on any atom is 0.313 e. The van der Waals surface area contributed by atoms with Gasteiger partial charge in [-0.2, -0.15) is 0 Å². The molecule has 3 fully saturated rings. The van der Waals surface area contributed by atoms with E-state index in [2.05, 4.69) is 67.1 Å². The lowest BCUT2D eigenvalue weighted by atomic mass is 9.53.